The van der Waals surface area contributed by atoms with E-state index >= 15 is 0 Å². The van der Waals surface area contributed by atoms with Crippen LogP contribution in [0.3, 0.4) is 0 Å². The van der Waals surface area contributed by atoms with Crippen molar-refractivity contribution >= 4 is 17.2 Å². The standard InChI is InChI=1S/C15H20N2OS/c1-15(7-2-3-8-15)11-17-14(18)13-12(5-4-9-16)6-10-19-13/h6,10H,2-3,7-9,11,16H2,1H3,(H,17,18). The van der Waals surface area contributed by atoms with Crippen LogP contribution in [0.1, 0.15) is 47.8 Å². The van der Waals surface area contributed by atoms with Gasteiger partial charge in [0.25, 0.3) is 5.91 Å². The number of rotatable bonds is 3. The summed E-state index contributed by atoms with van der Waals surface area (Å²) < 4.78 is 0. The SMILES string of the molecule is CC1(CNC(=O)c2sccc2C#CCN)CCCC1. The molecular formula is C15H20N2OS. The monoisotopic (exact) mass is 276 g/mol. The topological polar surface area (TPSA) is 55.1 Å². The van der Waals surface area contributed by atoms with Crippen molar-refractivity contribution in [3.8, 4) is 11.8 Å². The van der Waals surface area contributed by atoms with Crippen LogP contribution in [0.25, 0.3) is 0 Å². The third-order valence-corrected chi connectivity index (χ3v) is 4.60. The number of amides is 1. The van der Waals surface area contributed by atoms with E-state index in [0.29, 0.717) is 11.4 Å². The van der Waals surface area contributed by atoms with Crippen molar-refractivity contribution in [1.82, 2.24) is 5.32 Å². The fourth-order valence-electron chi connectivity index (χ4n) is 2.51. The van der Waals surface area contributed by atoms with Gasteiger partial charge in [0, 0.05) is 12.1 Å². The van der Waals surface area contributed by atoms with Gasteiger partial charge in [0.15, 0.2) is 0 Å². The van der Waals surface area contributed by atoms with Crippen LogP contribution in [0.2, 0.25) is 0 Å². The first-order valence-electron chi connectivity index (χ1n) is 6.69. The van der Waals surface area contributed by atoms with E-state index in [1.807, 2.05) is 11.4 Å². The molecule has 1 aromatic heterocycles. The van der Waals surface area contributed by atoms with Gasteiger partial charge in [-0.2, -0.15) is 0 Å². The van der Waals surface area contributed by atoms with E-state index in [-0.39, 0.29) is 11.3 Å². The summed E-state index contributed by atoms with van der Waals surface area (Å²) in [7, 11) is 0. The molecule has 4 heteroatoms. The van der Waals surface area contributed by atoms with Crippen LogP contribution in [0, 0.1) is 17.3 Å². The van der Waals surface area contributed by atoms with E-state index in [9.17, 15) is 4.79 Å². The van der Waals surface area contributed by atoms with Gasteiger partial charge in [-0.25, -0.2) is 0 Å². The molecule has 0 unspecified atom stereocenters. The van der Waals surface area contributed by atoms with Crippen molar-refractivity contribution in [2.45, 2.75) is 32.6 Å². The van der Waals surface area contributed by atoms with Crippen LogP contribution in [0.4, 0.5) is 0 Å². The summed E-state index contributed by atoms with van der Waals surface area (Å²) >= 11 is 1.43. The van der Waals surface area contributed by atoms with Crippen molar-refractivity contribution in [2.24, 2.45) is 11.1 Å². The van der Waals surface area contributed by atoms with Crippen LogP contribution >= 0.6 is 11.3 Å². The van der Waals surface area contributed by atoms with E-state index in [1.54, 1.807) is 0 Å². The highest BCUT2D eigenvalue weighted by Gasteiger charge is 2.29. The molecule has 0 bridgehead atoms. The molecule has 0 radical (unpaired) electrons. The summed E-state index contributed by atoms with van der Waals surface area (Å²) in [6, 6.07) is 1.87. The number of nitrogens with one attached hydrogen (secondary N) is 1. The van der Waals surface area contributed by atoms with Crippen molar-refractivity contribution in [2.75, 3.05) is 13.1 Å². The van der Waals surface area contributed by atoms with Crippen molar-refractivity contribution in [1.29, 1.82) is 0 Å². The zero-order chi connectivity index (χ0) is 13.7. The van der Waals surface area contributed by atoms with Gasteiger partial charge in [-0.05, 0) is 29.7 Å². The molecule has 1 aromatic rings. The molecule has 0 aromatic carbocycles. The average Bonchev–Trinajstić information content (AvgIpc) is 3.03. The largest absolute Gasteiger partial charge is 0.351 e. The van der Waals surface area contributed by atoms with Crippen molar-refractivity contribution in [3.63, 3.8) is 0 Å². The molecule has 1 aliphatic rings. The summed E-state index contributed by atoms with van der Waals surface area (Å²) in [6.45, 7) is 3.33. The van der Waals surface area contributed by atoms with E-state index in [0.717, 1.165) is 12.1 Å². The quantitative estimate of drug-likeness (QED) is 0.833. The highest BCUT2D eigenvalue weighted by atomic mass is 32.1. The van der Waals surface area contributed by atoms with Crippen molar-refractivity contribution in [3.05, 3.63) is 21.9 Å². The second kappa shape index (κ2) is 6.23. The molecule has 0 aliphatic heterocycles. The minimum atomic E-state index is -0.00977. The maximum atomic E-state index is 12.2. The van der Waals surface area contributed by atoms with Gasteiger partial charge in [-0.1, -0.05) is 31.6 Å². The summed E-state index contributed by atoms with van der Waals surface area (Å²) in [5.41, 5.74) is 6.42. The van der Waals surface area contributed by atoms with Crippen LogP contribution in [-0.4, -0.2) is 19.0 Å². The second-order valence-corrected chi connectivity index (χ2v) is 6.29. The van der Waals surface area contributed by atoms with Gasteiger partial charge in [0.2, 0.25) is 0 Å². The maximum absolute atomic E-state index is 12.2. The lowest BCUT2D eigenvalue weighted by Gasteiger charge is -2.23. The fraction of sp³-hybridized carbons (Fsp3) is 0.533. The Morgan fingerprint density at radius 1 is 1.53 bits per heavy atom. The predicted molar refractivity (Wildman–Crippen MR) is 79.2 cm³/mol. The Kier molecular flexibility index (Phi) is 4.62. The smallest absolute Gasteiger partial charge is 0.262 e. The lowest BCUT2D eigenvalue weighted by molar-refractivity contribution is 0.0938. The molecule has 2 rings (SSSR count). The minimum absolute atomic E-state index is 0.00977. The molecule has 0 saturated heterocycles. The third kappa shape index (κ3) is 3.59. The molecule has 0 atom stereocenters. The summed E-state index contributed by atoms with van der Waals surface area (Å²) in [4.78, 5) is 12.9. The number of thiophene rings is 1. The fourth-order valence-corrected chi connectivity index (χ4v) is 3.27. The molecule has 1 amide bonds. The van der Waals surface area contributed by atoms with Crippen LogP contribution in [0.15, 0.2) is 11.4 Å². The Labute approximate surface area is 118 Å². The first-order valence-corrected chi connectivity index (χ1v) is 7.57. The minimum Gasteiger partial charge on any atom is -0.351 e. The summed E-state index contributed by atoms with van der Waals surface area (Å²) in [6.07, 6.45) is 4.96. The number of carbonyl (C=O) groups is 1. The molecule has 1 fully saturated rings. The zero-order valence-corrected chi connectivity index (χ0v) is 12.1. The first kappa shape index (κ1) is 14.1. The molecule has 1 aliphatic carbocycles. The molecule has 1 saturated carbocycles. The summed E-state index contributed by atoms with van der Waals surface area (Å²) in [5.74, 6) is 5.73. The maximum Gasteiger partial charge on any atom is 0.262 e. The molecule has 102 valence electrons. The van der Waals surface area contributed by atoms with E-state index in [4.69, 9.17) is 5.73 Å². The molecular weight excluding hydrogens is 256 g/mol. The summed E-state index contributed by atoms with van der Waals surface area (Å²) in [5, 5.41) is 4.95. The van der Waals surface area contributed by atoms with Crippen LogP contribution in [0.5, 0.6) is 0 Å². The van der Waals surface area contributed by atoms with E-state index < -0.39 is 0 Å². The first-order chi connectivity index (χ1) is 9.14. The Morgan fingerprint density at radius 2 is 2.26 bits per heavy atom. The number of hydrogen-bond donors (Lipinski definition) is 2. The number of carbonyl (C=O) groups excluding carboxylic acids is 1. The lowest BCUT2D eigenvalue weighted by Crippen LogP contribution is -2.34. The Balaban J connectivity index is 1.98. The van der Waals surface area contributed by atoms with Crippen molar-refractivity contribution < 1.29 is 4.79 Å². The van der Waals surface area contributed by atoms with Gasteiger partial charge in [-0.15, -0.1) is 11.3 Å². The Bertz CT molecular complexity index is 504. The molecule has 1 heterocycles. The Hall–Kier alpha value is -1.31. The van der Waals surface area contributed by atoms with Gasteiger partial charge in [-0.3, -0.25) is 4.79 Å². The number of nitrogens with two attached hydrogens (primary N) is 1. The van der Waals surface area contributed by atoms with E-state index in [2.05, 4.69) is 24.1 Å². The highest BCUT2D eigenvalue weighted by molar-refractivity contribution is 7.12. The zero-order valence-electron chi connectivity index (χ0n) is 11.3. The van der Waals surface area contributed by atoms with Gasteiger partial charge < -0.3 is 11.1 Å². The normalized spacial score (nSPS) is 16.7. The van der Waals surface area contributed by atoms with Crippen LogP contribution in [-0.2, 0) is 0 Å². The predicted octanol–water partition coefficient (Wildman–Crippen LogP) is 2.37. The highest BCUT2D eigenvalue weighted by Crippen LogP contribution is 2.36. The molecule has 3 N–H and O–H groups in total. The Morgan fingerprint density at radius 3 is 2.95 bits per heavy atom. The molecule has 19 heavy (non-hydrogen) atoms. The number of hydrogen-bond acceptors (Lipinski definition) is 3. The lowest BCUT2D eigenvalue weighted by atomic mass is 9.89. The van der Waals surface area contributed by atoms with Gasteiger partial charge >= 0.3 is 0 Å². The third-order valence-electron chi connectivity index (χ3n) is 3.68. The van der Waals surface area contributed by atoms with Crippen LogP contribution < -0.4 is 11.1 Å². The van der Waals surface area contributed by atoms with Gasteiger partial charge in [0.05, 0.1) is 6.54 Å². The molecule has 0 spiro atoms. The van der Waals surface area contributed by atoms with Gasteiger partial charge in [0.1, 0.15) is 4.88 Å². The second-order valence-electron chi connectivity index (χ2n) is 5.37. The molecule has 3 nitrogen and oxygen atoms in total. The average molecular weight is 276 g/mol. The van der Waals surface area contributed by atoms with E-state index in [1.165, 1.54) is 37.0 Å².